The quantitative estimate of drug-likeness (QED) is 0.785. The maximum atomic E-state index is 13.2. The van der Waals surface area contributed by atoms with E-state index in [2.05, 4.69) is 0 Å². The third-order valence-electron chi connectivity index (χ3n) is 4.59. The van der Waals surface area contributed by atoms with Gasteiger partial charge in [-0.1, -0.05) is 30.3 Å². The smallest absolute Gasteiger partial charge is 0.325 e. The highest BCUT2D eigenvalue weighted by molar-refractivity contribution is 5.85. The zero-order chi connectivity index (χ0) is 19.2. The molecule has 3 rings (SSSR count). The number of hydrogen-bond acceptors (Lipinski definition) is 5. The summed E-state index contributed by atoms with van der Waals surface area (Å²) in [7, 11) is 0. The van der Waals surface area contributed by atoms with Gasteiger partial charge in [0.15, 0.2) is 0 Å². The van der Waals surface area contributed by atoms with Gasteiger partial charge in [0.1, 0.15) is 29.8 Å². The van der Waals surface area contributed by atoms with E-state index in [1.807, 2.05) is 30.3 Å². The van der Waals surface area contributed by atoms with E-state index >= 15 is 0 Å². The van der Waals surface area contributed by atoms with Crippen molar-refractivity contribution in [3.8, 4) is 5.75 Å². The number of carbonyl (C=O) groups is 1. The van der Waals surface area contributed by atoms with Gasteiger partial charge in [-0.05, 0) is 43.2 Å². The molecule has 4 atom stereocenters. The predicted molar refractivity (Wildman–Crippen MR) is 106 cm³/mol. The highest BCUT2D eigenvalue weighted by atomic mass is 35.5. The fraction of sp³-hybridized carbons (Fsp3) is 0.381. The molecule has 0 spiro atoms. The molecule has 2 aromatic rings. The average molecular weight is 410 g/mol. The second kappa shape index (κ2) is 10.4. The van der Waals surface area contributed by atoms with Gasteiger partial charge in [-0.3, -0.25) is 4.79 Å². The Morgan fingerprint density at radius 3 is 2.46 bits per heavy atom. The summed E-state index contributed by atoms with van der Waals surface area (Å²) >= 11 is 0. The Kier molecular flexibility index (Phi) is 8.23. The monoisotopic (exact) mass is 409 g/mol. The third kappa shape index (κ3) is 5.92. The highest BCUT2D eigenvalue weighted by Gasteiger charge is 2.35. The van der Waals surface area contributed by atoms with Gasteiger partial charge < -0.3 is 19.9 Å². The Hall–Kier alpha value is -2.15. The molecule has 2 N–H and O–H groups in total. The number of halogens is 2. The lowest BCUT2D eigenvalue weighted by atomic mass is 9.91. The summed E-state index contributed by atoms with van der Waals surface area (Å²) in [6.07, 6.45) is -0.364. The van der Waals surface area contributed by atoms with Gasteiger partial charge in [0.05, 0.1) is 13.2 Å². The zero-order valence-electron chi connectivity index (χ0n) is 15.6. The molecule has 1 heterocycles. The highest BCUT2D eigenvalue weighted by Crippen LogP contribution is 2.25. The van der Waals surface area contributed by atoms with E-state index in [0.29, 0.717) is 18.8 Å². The minimum Gasteiger partial charge on any atom is -0.486 e. The lowest BCUT2D eigenvalue weighted by Crippen LogP contribution is -2.43. The second-order valence-electron chi connectivity index (χ2n) is 6.77. The maximum Gasteiger partial charge on any atom is 0.325 e. The first-order valence-corrected chi connectivity index (χ1v) is 9.03. The summed E-state index contributed by atoms with van der Waals surface area (Å²) in [5, 5.41) is 0. The molecule has 5 nitrogen and oxygen atoms in total. The molecule has 0 radical (unpaired) electrons. The van der Waals surface area contributed by atoms with Crippen molar-refractivity contribution in [3.63, 3.8) is 0 Å². The van der Waals surface area contributed by atoms with Crippen molar-refractivity contribution < 1.29 is 23.4 Å². The summed E-state index contributed by atoms with van der Waals surface area (Å²) in [4.78, 5) is 12.1. The van der Waals surface area contributed by atoms with E-state index in [9.17, 15) is 9.18 Å². The summed E-state index contributed by atoms with van der Waals surface area (Å²) in [6, 6.07) is 14.9. The number of rotatable bonds is 4. The number of cyclic esters (lactones) is 1. The van der Waals surface area contributed by atoms with Crippen molar-refractivity contribution in [1.82, 2.24) is 0 Å². The van der Waals surface area contributed by atoms with Gasteiger partial charge in [-0.15, -0.1) is 12.4 Å². The predicted octanol–water partition coefficient (Wildman–Crippen LogP) is 3.14. The number of carbonyl (C=O) groups excluding carboxylic acids is 1. The lowest BCUT2D eigenvalue weighted by Gasteiger charge is -2.31. The fourth-order valence-corrected chi connectivity index (χ4v) is 3.18. The lowest BCUT2D eigenvalue weighted by molar-refractivity contribution is -0.155. The Morgan fingerprint density at radius 1 is 1.11 bits per heavy atom. The number of ether oxygens (including phenoxy) is 3. The normalized spacial score (nSPS) is 25.5. The molecule has 0 amide bonds. The van der Waals surface area contributed by atoms with E-state index in [0.717, 1.165) is 5.56 Å². The average Bonchev–Trinajstić information content (AvgIpc) is 2.71. The van der Waals surface area contributed by atoms with Crippen LogP contribution in [0.4, 0.5) is 4.39 Å². The van der Waals surface area contributed by atoms with E-state index in [1.54, 1.807) is 19.1 Å². The minimum absolute atomic E-state index is 0. The van der Waals surface area contributed by atoms with Crippen LogP contribution in [0.3, 0.4) is 0 Å². The molecular formula is C21H25ClFNO4. The molecule has 1 aliphatic rings. The van der Waals surface area contributed by atoms with E-state index in [4.69, 9.17) is 19.9 Å². The molecule has 2 aromatic carbocycles. The maximum absolute atomic E-state index is 13.2. The molecule has 1 saturated heterocycles. The number of nitrogens with two attached hydrogens (primary N) is 1. The molecule has 28 heavy (non-hydrogen) atoms. The third-order valence-corrected chi connectivity index (χ3v) is 4.59. The number of para-hydroxylation sites is 1. The van der Waals surface area contributed by atoms with Crippen molar-refractivity contribution in [2.45, 2.75) is 31.6 Å². The summed E-state index contributed by atoms with van der Waals surface area (Å²) in [6.45, 7) is 2.23. The van der Waals surface area contributed by atoms with Crippen molar-refractivity contribution in [3.05, 3.63) is 66.0 Å². The molecule has 0 unspecified atom stereocenters. The first kappa shape index (κ1) is 22.1. The van der Waals surface area contributed by atoms with Gasteiger partial charge in [0, 0.05) is 5.92 Å². The molecule has 0 aliphatic carbocycles. The van der Waals surface area contributed by atoms with Gasteiger partial charge in [-0.25, -0.2) is 4.39 Å². The van der Waals surface area contributed by atoms with Crippen LogP contribution in [0.5, 0.6) is 5.75 Å². The molecule has 0 aromatic heterocycles. The SMILES string of the molecule is C[C@@H]1OC(=O)[C@@H](N)COC[C@H](Cc2ccc(F)cc2)[C@H]1Oc1ccccc1.Cl. The molecule has 0 bridgehead atoms. The van der Waals surface area contributed by atoms with Crippen LogP contribution in [-0.4, -0.2) is 37.4 Å². The van der Waals surface area contributed by atoms with Gasteiger partial charge in [0.2, 0.25) is 0 Å². The number of hydrogen-bond donors (Lipinski definition) is 1. The van der Waals surface area contributed by atoms with Crippen LogP contribution in [0.25, 0.3) is 0 Å². The standard InChI is InChI=1S/C21H24FNO4.ClH/c1-14-20(27-18-5-3-2-4-6-18)16(11-15-7-9-17(22)10-8-15)12-25-13-19(23)21(24)26-14;/h2-10,14,16,19-20H,11-13,23H2,1H3;1H/t14-,16-,19-,20-;/m0./s1. The van der Waals surface area contributed by atoms with Crippen molar-refractivity contribution >= 4 is 18.4 Å². The van der Waals surface area contributed by atoms with E-state index in [1.165, 1.54) is 12.1 Å². The van der Waals surface area contributed by atoms with Gasteiger partial charge in [-0.2, -0.15) is 0 Å². The zero-order valence-corrected chi connectivity index (χ0v) is 16.4. The van der Waals surface area contributed by atoms with E-state index in [-0.39, 0.29) is 30.7 Å². The number of esters is 1. The van der Waals surface area contributed by atoms with Gasteiger partial charge in [0.25, 0.3) is 0 Å². The molecule has 7 heteroatoms. The topological polar surface area (TPSA) is 70.8 Å². The van der Waals surface area contributed by atoms with Crippen molar-refractivity contribution in [1.29, 1.82) is 0 Å². The van der Waals surface area contributed by atoms with Crippen molar-refractivity contribution in [2.75, 3.05) is 13.2 Å². The van der Waals surface area contributed by atoms with Crippen LogP contribution >= 0.6 is 12.4 Å². The molecule has 0 saturated carbocycles. The fourth-order valence-electron chi connectivity index (χ4n) is 3.18. The first-order chi connectivity index (χ1) is 13.0. The summed E-state index contributed by atoms with van der Waals surface area (Å²) < 4.78 is 30.6. The molecule has 1 fully saturated rings. The Labute approximate surface area is 170 Å². The van der Waals surface area contributed by atoms with Crippen LogP contribution in [0.1, 0.15) is 12.5 Å². The number of benzene rings is 2. The molecular weight excluding hydrogens is 385 g/mol. The summed E-state index contributed by atoms with van der Waals surface area (Å²) in [5.41, 5.74) is 6.76. The van der Waals surface area contributed by atoms with Crippen LogP contribution in [0.2, 0.25) is 0 Å². The largest absolute Gasteiger partial charge is 0.486 e. The van der Waals surface area contributed by atoms with Crippen molar-refractivity contribution in [2.24, 2.45) is 11.7 Å². The van der Waals surface area contributed by atoms with Crippen LogP contribution in [-0.2, 0) is 20.7 Å². The first-order valence-electron chi connectivity index (χ1n) is 9.03. The summed E-state index contributed by atoms with van der Waals surface area (Å²) in [5.74, 6) is -0.219. The van der Waals surface area contributed by atoms with Crippen LogP contribution in [0, 0.1) is 11.7 Å². The van der Waals surface area contributed by atoms with E-state index < -0.39 is 24.2 Å². The molecule has 1 aliphatic heterocycles. The second-order valence-corrected chi connectivity index (χ2v) is 6.77. The molecule has 152 valence electrons. The minimum atomic E-state index is -0.825. The Morgan fingerprint density at radius 2 is 1.79 bits per heavy atom. The Bertz CT molecular complexity index is 744. The van der Waals surface area contributed by atoms with Crippen LogP contribution < -0.4 is 10.5 Å². The Balaban J connectivity index is 0.00000280. The van der Waals surface area contributed by atoms with Crippen LogP contribution in [0.15, 0.2) is 54.6 Å². The van der Waals surface area contributed by atoms with Gasteiger partial charge >= 0.3 is 5.97 Å².